The van der Waals surface area contributed by atoms with E-state index in [0.29, 0.717) is 18.2 Å². The maximum Gasteiger partial charge on any atom is 0.242 e. The molecular weight excluding hydrogens is 260 g/mol. The molecule has 0 spiro atoms. The van der Waals surface area contributed by atoms with Crippen molar-refractivity contribution in [3.05, 3.63) is 23.8 Å². The van der Waals surface area contributed by atoms with Crippen LogP contribution in [0.2, 0.25) is 0 Å². The first-order chi connectivity index (χ1) is 8.99. The van der Waals surface area contributed by atoms with Crippen molar-refractivity contribution < 1.29 is 8.42 Å². The van der Waals surface area contributed by atoms with Crippen LogP contribution < -0.4 is 10.5 Å². The van der Waals surface area contributed by atoms with Crippen molar-refractivity contribution in [2.75, 3.05) is 12.3 Å². The van der Waals surface area contributed by atoms with Gasteiger partial charge in [0, 0.05) is 6.54 Å². The van der Waals surface area contributed by atoms with Crippen LogP contribution in [0.1, 0.15) is 37.7 Å². The standard InChI is InChI=1S/C14H22N2O2S/c1-11-7-8-14(13(15)9-11)19(17,18)16-10-12-5-3-2-4-6-12/h7-9,12,16H,2-6,10,15H2,1H3. The third-order valence-electron chi connectivity index (χ3n) is 3.74. The van der Waals surface area contributed by atoms with Gasteiger partial charge in [0.2, 0.25) is 10.0 Å². The minimum absolute atomic E-state index is 0.189. The van der Waals surface area contributed by atoms with Crippen LogP contribution in [-0.4, -0.2) is 15.0 Å². The van der Waals surface area contributed by atoms with Gasteiger partial charge in [-0.2, -0.15) is 0 Å². The zero-order valence-electron chi connectivity index (χ0n) is 11.4. The van der Waals surface area contributed by atoms with Gasteiger partial charge < -0.3 is 5.73 Å². The van der Waals surface area contributed by atoms with E-state index < -0.39 is 10.0 Å². The molecule has 19 heavy (non-hydrogen) atoms. The van der Waals surface area contributed by atoms with Crippen LogP contribution in [0.25, 0.3) is 0 Å². The van der Waals surface area contributed by atoms with Crippen LogP contribution in [0.15, 0.2) is 23.1 Å². The number of hydrogen-bond donors (Lipinski definition) is 2. The second-order valence-corrected chi connectivity index (χ2v) is 7.13. The van der Waals surface area contributed by atoms with Crippen molar-refractivity contribution in [1.82, 2.24) is 4.72 Å². The second kappa shape index (κ2) is 5.92. The molecule has 0 atom stereocenters. The molecule has 5 heteroatoms. The van der Waals surface area contributed by atoms with Gasteiger partial charge in [0.25, 0.3) is 0 Å². The SMILES string of the molecule is Cc1ccc(S(=O)(=O)NCC2CCCCC2)c(N)c1. The molecule has 0 heterocycles. The van der Waals surface area contributed by atoms with Gasteiger partial charge in [-0.05, 0) is 43.4 Å². The smallest absolute Gasteiger partial charge is 0.242 e. The molecule has 1 aliphatic rings. The van der Waals surface area contributed by atoms with E-state index in [1.54, 1.807) is 18.2 Å². The third kappa shape index (κ3) is 3.70. The predicted molar refractivity (Wildman–Crippen MR) is 77.4 cm³/mol. The first-order valence-electron chi connectivity index (χ1n) is 6.85. The first kappa shape index (κ1) is 14.3. The minimum atomic E-state index is -3.48. The quantitative estimate of drug-likeness (QED) is 0.833. The van der Waals surface area contributed by atoms with Gasteiger partial charge in [-0.15, -0.1) is 0 Å². The van der Waals surface area contributed by atoms with Crippen molar-refractivity contribution in [2.24, 2.45) is 5.92 Å². The molecule has 0 saturated heterocycles. The molecule has 0 radical (unpaired) electrons. The molecule has 1 aromatic rings. The minimum Gasteiger partial charge on any atom is -0.398 e. The highest BCUT2D eigenvalue weighted by Crippen LogP contribution is 2.24. The fourth-order valence-electron chi connectivity index (χ4n) is 2.61. The molecule has 0 aromatic heterocycles. The van der Waals surface area contributed by atoms with Gasteiger partial charge in [-0.1, -0.05) is 25.3 Å². The maximum absolute atomic E-state index is 12.2. The summed E-state index contributed by atoms with van der Waals surface area (Å²) in [6.45, 7) is 2.41. The van der Waals surface area contributed by atoms with E-state index in [9.17, 15) is 8.42 Å². The lowest BCUT2D eigenvalue weighted by atomic mass is 9.90. The number of aryl methyl sites for hydroxylation is 1. The number of rotatable bonds is 4. The van der Waals surface area contributed by atoms with E-state index in [1.807, 2.05) is 6.92 Å². The highest BCUT2D eigenvalue weighted by atomic mass is 32.2. The summed E-state index contributed by atoms with van der Waals surface area (Å²) in [5.41, 5.74) is 7.07. The molecular formula is C14H22N2O2S. The number of sulfonamides is 1. The van der Waals surface area contributed by atoms with E-state index >= 15 is 0 Å². The first-order valence-corrected chi connectivity index (χ1v) is 8.33. The Hall–Kier alpha value is -1.07. The lowest BCUT2D eigenvalue weighted by Crippen LogP contribution is -2.30. The van der Waals surface area contributed by atoms with Gasteiger partial charge in [0.1, 0.15) is 4.90 Å². The monoisotopic (exact) mass is 282 g/mol. The molecule has 4 nitrogen and oxygen atoms in total. The molecule has 0 amide bonds. The van der Waals surface area contributed by atoms with Crippen LogP contribution in [0.4, 0.5) is 5.69 Å². The van der Waals surface area contributed by atoms with Crippen molar-refractivity contribution in [1.29, 1.82) is 0 Å². The molecule has 0 bridgehead atoms. The molecule has 1 aromatic carbocycles. The molecule has 3 N–H and O–H groups in total. The summed E-state index contributed by atoms with van der Waals surface area (Å²) < 4.78 is 27.1. The summed E-state index contributed by atoms with van der Waals surface area (Å²) in [4.78, 5) is 0.189. The summed E-state index contributed by atoms with van der Waals surface area (Å²) in [6, 6.07) is 5.04. The van der Waals surface area contributed by atoms with Gasteiger partial charge in [-0.25, -0.2) is 13.1 Å². The number of hydrogen-bond acceptors (Lipinski definition) is 3. The molecule has 0 aliphatic heterocycles. The fraction of sp³-hybridized carbons (Fsp3) is 0.571. The Bertz CT molecular complexity index is 534. The summed E-state index contributed by atoms with van der Waals surface area (Å²) in [5.74, 6) is 0.468. The highest BCUT2D eigenvalue weighted by Gasteiger charge is 2.20. The lowest BCUT2D eigenvalue weighted by molar-refractivity contribution is 0.357. The molecule has 2 rings (SSSR count). The Morgan fingerprint density at radius 1 is 1.26 bits per heavy atom. The largest absolute Gasteiger partial charge is 0.398 e. The molecule has 106 valence electrons. The third-order valence-corrected chi connectivity index (χ3v) is 5.24. The van der Waals surface area contributed by atoms with Crippen molar-refractivity contribution in [3.63, 3.8) is 0 Å². The number of nitrogens with two attached hydrogens (primary N) is 1. The Labute approximate surface area is 115 Å². The Kier molecular flexibility index (Phi) is 4.47. The van der Waals surface area contributed by atoms with Gasteiger partial charge in [-0.3, -0.25) is 0 Å². The zero-order chi connectivity index (χ0) is 13.9. The van der Waals surface area contributed by atoms with E-state index in [2.05, 4.69) is 4.72 Å². The highest BCUT2D eigenvalue weighted by molar-refractivity contribution is 7.89. The summed E-state index contributed by atoms with van der Waals surface area (Å²) in [6.07, 6.45) is 5.92. The van der Waals surface area contributed by atoms with Crippen molar-refractivity contribution in [3.8, 4) is 0 Å². The Balaban J connectivity index is 2.05. The van der Waals surface area contributed by atoms with Crippen molar-refractivity contribution in [2.45, 2.75) is 43.9 Å². The van der Waals surface area contributed by atoms with Crippen LogP contribution in [0.3, 0.4) is 0 Å². The van der Waals surface area contributed by atoms with Crippen molar-refractivity contribution >= 4 is 15.7 Å². The summed E-state index contributed by atoms with van der Waals surface area (Å²) in [5, 5.41) is 0. The molecule has 1 aliphatic carbocycles. The fourth-order valence-corrected chi connectivity index (χ4v) is 3.84. The Morgan fingerprint density at radius 2 is 1.95 bits per heavy atom. The number of nitrogens with one attached hydrogen (secondary N) is 1. The summed E-state index contributed by atoms with van der Waals surface area (Å²) in [7, 11) is -3.48. The van der Waals surface area contributed by atoms with Gasteiger partial charge >= 0.3 is 0 Å². The number of anilines is 1. The van der Waals surface area contributed by atoms with Crippen LogP contribution in [0, 0.1) is 12.8 Å². The normalized spacial score (nSPS) is 17.5. The lowest BCUT2D eigenvalue weighted by Gasteiger charge is -2.21. The van der Waals surface area contributed by atoms with Crippen LogP contribution in [0.5, 0.6) is 0 Å². The summed E-state index contributed by atoms with van der Waals surface area (Å²) >= 11 is 0. The molecule has 1 saturated carbocycles. The number of benzene rings is 1. The van der Waals surface area contributed by atoms with Crippen LogP contribution >= 0.6 is 0 Å². The number of nitrogen functional groups attached to an aromatic ring is 1. The second-order valence-electron chi connectivity index (χ2n) is 5.40. The van der Waals surface area contributed by atoms with E-state index in [-0.39, 0.29) is 4.90 Å². The van der Waals surface area contributed by atoms with Gasteiger partial charge in [0.15, 0.2) is 0 Å². The zero-order valence-corrected chi connectivity index (χ0v) is 12.2. The van der Waals surface area contributed by atoms with Crippen LogP contribution in [-0.2, 0) is 10.0 Å². The molecule has 0 unspecified atom stereocenters. The maximum atomic E-state index is 12.2. The average molecular weight is 282 g/mol. The van der Waals surface area contributed by atoms with E-state index in [1.165, 1.54) is 19.3 Å². The average Bonchev–Trinajstić information content (AvgIpc) is 2.37. The topological polar surface area (TPSA) is 72.2 Å². The van der Waals surface area contributed by atoms with E-state index in [4.69, 9.17) is 5.73 Å². The Morgan fingerprint density at radius 3 is 2.58 bits per heavy atom. The van der Waals surface area contributed by atoms with E-state index in [0.717, 1.165) is 18.4 Å². The van der Waals surface area contributed by atoms with Gasteiger partial charge in [0.05, 0.1) is 5.69 Å². The predicted octanol–water partition coefficient (Wildman–Crippen LogP) is 2.44. The molecule has 1 fully saturated rings.